The summed E-state index contributed by atoms with van der Waals surface area (Å²) in [6, 6.07) is 28.1. The Morgan fingerprint density at radius 2 is 1.71 bits per heavy atom. The summed E-state index contributed by atoms with van der Waals surface area (Å²) < 4.78 is 7.43. The predicted octanol–water partition coefficient (Wildman–Crippen LogP) is 7.30. The van der Waals surface area contributed by atoms with Gasteiger partial charge in [-0.2, -0.15) is 0 Å². The van der Waals surface area contributed by atoms with Crippen LogP contribution in [0.1, 0.15) is 31.2 Å². The molecule has 1 aromatic heterocycles. The molecule has 0 aliphatic heterocycles. The van der Waals surface area contributed by atoms with Gasteiger partial charge in [-0.1, -0.05) is 80.1 Å². The van der Waals surface area contributed by atoms with Crippen molar-refractivity contribution in [1.82, 2.24) is 9.55 Å². The van der Waals surface area contributed by atoms with Crippen LogP contribution in [-0.4, -0.2) is 20.8 Å². The third-order valence-corrected chi connectivity index (χ3v) is 6.16. The van der Waals surface area contributed by atoms with E-state index in [-0.39, 0.29) is 0 Å². The number of carbonyl (C=O) groups is 1. The Kier molecular flexibility index (Phi) is 6.00. The fourth-order valence-electron chi connectivity index (χ4n) is 4.52. The number of para-hydroxylation sites is 2. The number of aryl methyl sites for hydroxylation is 1. The molecule has 0 saturated carbocycles. The van der Waals surface area contributed by atoms with Crippen molar-refractivity contribution in [1.29, 1.82) is 0 Å². The topological polar surface area (TPSA) is 64.4 Å². The summed E-state index contributed by atoms with van der Waals surface area (Å²) in [5, 5.41) is 11.2. The summed E-state index contributed by atoms with van der Waals surface area (Å²) in [7, 11) is 0. The van der Waals surface area contributed by atoms with Gasteiger partial charge in [-0.05, 0) is 46.5 Å². The quantitative estimate of drug-likeness (QED) is 0.209. The lowest BCUT2D eigenvalue weighted by atomic mass is 9.96. The molecule has 0 bridgehead atoms. The number of nitrogens with zero attached hydrogens (tertiary/aromatic N) is 2. The first-order chi connectivity index (χ1) is 16.6. The third kappa shape index (κ3) is 4.25. The molecule has 170 valence electrons. The van der Waals surface area contributed by atoms with Gasteiger partial charge in [0.05, 0.1) is 11.0 Å². The van der Waals surface area contributed by atoms with Crippen LogP contribution in [0.4, 0.5) is 4.79 Å². The van der Waals surface area contributed by atoms with E-state index in [1.54, 1.807) is 6.07 Å². The van der Waals surface area contributed by atoms with E-state index in [9.17, 15) is 9.90 Å². The largest absolute Gasteiger partial charge is 0.511 e. The molecule has 1 heterocycles. The molecule has 0 radical (unpaired) electrons. The van der Waals surface area contributed by atoms with E-state index in [0.29, 0.717) is 5.75 Å². The number of imidazole rings is 1. The van der Waals surface area contributed by atoms with Crippen LogP contribution in [0.25, 0.3) is 32.9 Å². The monoisotopic (exact) mass is 450 g/mol. The van der Waals surface area contributed by atoms with E-state index < -0.39 is 6.16 Å². The highest BCUT2D eigenvalue weighted by Gasteiger charge is 2.15. The number of hydrogen-bond donors (Lipinski definition) is 1. The van der Waals surface area contributed by atoms with E-state index in [2.05, 4.69) is 41.8 Å². The Balaban J connectivity index is 1.53. The SMILES string of the molecule is CCCCc1nc2ccccc2n1Cc1ccc(-c2c(OC(=O)O)ccc3ccccc23)cc1. The molecule has 0 aliphatic rings. The summed E-state index contributed by atoms with van der Waals surface area (Å²) in [5.41, 5.74) is 5.02. The smallest absolute Gasteiger partial charge is 0.449 e. The minimum absolute atomic E-state index is 0.335. The van der Waals surface area contributed by atoms with Gasteiger partial charge in [0.1, 0.15) is 11.6 Å². The molecule has 0 amide bonds. The van der Waals surface area contributed by atoms with Gasteiger partial charge in [-0.25, -0.2) is 9.78 Å². The van der Waals surface area contributed by atoms with Crippen molar-refractivity contribution in [2.75, 3.05) is 0 Å². The molecule has 5 nitrogen and oxygen atoms in total. The highest BCUT2D eigenvalue weighted by Crippen LogP contribution is 2.37. The number of unbranched alkanes of at least 4 members (excludes halogenated alkanes) is 1. The molecule has 0 fully saturated rings. The van der Waals surface area contributed by atoms with Crippen molar-refractivity contribution in [3.05, 3.63) is 96.3 Å². The van der Waals surface area contributed by atoms with Crippen molar-refractivity contribution in [3.8, 4) is 16.9 Å². The van der Waals surface area contributed by atoms with Gasteiger partial charge in [0.2, 0.25) is 0 Å². The van der Waals surface area contributed by atoms with Crippen LogP contribution >= 0.6 is 0 Å². The molecule has 34 heavy (non-hydrogen) atoms. The molecule has 0 saturated heterocycles. The number of fused-ring (bicyclic) bond motifs is 2. The molecule has 4 aromatic carbocycles. The number of ether oxygens (including phenoxy) is 1. The normalized spacial score (nSPS) is 11.2. The van der Waals surface area contributed by atoms with E-state index in [1.165, 1.54) is 0 Å². The van der Waals surface area contributed by atoms with Crippen molar-refractivity contribution < 1.29 is 14.6 Å². The summed E-state index contributed by atoms with van der Waals surface area (Å²) >= 11 is 0. The minimum atomic E-state index is -1.32. The second-order valence-electron chi connectivity index (χ2n) is 8.43. The molecule has 5 heteroatoms. The third-order valence-electron chi connectivity index (χ3n) is 6.16. The van der Waals surface area contributed by atoms with Gasteiger partial charge in [0.15, 0.2) is 0 Å². The van der Waals surface area contributed by atoms with Crippen LogP contribution in [0, 0.1) is 0 Å². The maximum Gasteiger partial charge on any atom is 0.511 e. The zero-order valence-electron chi connectivity index (χ0n) is 19.1. The predicted molar refractivity (Wildman–Crippen MR) is 135 cm³/mol. The van der Waals surface area contributed by atoms with Gasteiger partial charge >= 0.3 is 6.16 Å². The van der Waals surface area contributed by atoms with Crippen molar-refractivity contribution >= 4 is 28.0 Å². The van der Waals surface area contributed by atoms with E-state index in [1.807, 2.05) is 48.5 Å². The first kappa shape index (κ1) is 21.7. The Bertz CT molecular complexity index is 1470. The summed E-state index contributed by atoms with van der Waals surface area (Å²) in [6.45, 7) is 2.93. The molecule has 0 atom stereocenters. The Hall–Kier alpha value is -4.12. The van der Waals surface area contributed by atoms with E-state index >= 15 is 0 Å². The first-order valence-corrected chi connectivity index (χ1v) is 11.6. The van der Waals surface area contributed by atoms with Gasteiger partial charge in [0, 0.05) is 18.5 Å². The second kappa shape index (κ2) is 9.40. The fourth-order valence-corrected chi connectivity index (χ4v) is 4.52. The van der Waals surface area contributed by atoms with Crippen LogP contribution < -0.4 is 4.74 Å². The maximum absolute atomic E-state index is 11.3. The number of aromatic nitrogens is 2. The van der Waals surface area contributed by atoms with Crippen molar-refractivity contribution in [2.24, 2.45) is 0 Å². The number of hydrogen-bond acceptors (Lipinski definition) is 3. The fraction of sp³-hybridized carbons (Fsp3) is 0.172. The van der Waals surface area contributed by atoms with Crippen LogP contribution in [-0.2, 0) is 13.0 Å². The lowest BCUT2D eigenvalue weighted by Crippen LogP contribution is -2.06. The lowest BCUT2D eigenvalue weighted by molar-refractivity contribution is 0.144. The van der Waals surface area contributed by atoms with Gasteiger partial charge in [-0.15, -0.1) is 0 Å². The highest BCUT2D eigenvalue weighted by molar-refractivity contribution is 6.00. The summed E-state index contributed by atoms with van der Waals surface area (Å²) in [5.74, 6) is 1.44. The Morgan fingerprint density at radius 1 is 0.941 bits per heavy atom. The number of benzene rings is 4. The maximum atomic E-state index is 11.3. The average molecular weight is 451 g/mol. The zero-order valence-corrected chi connectivity index (χ0v) is 19.1. The molecule has 1 N–H and O–H groups in total. The summed E-state index contributed by atoms with van der Waals surface area (Å²) in [4.78, 5) is 16.2. The van der Waals surface area contributed by atoms with Crippen LogP contribution in [0.3, 0.4) is 0 Å². The zero-order chi connectivity index (χ0) is 23.5. The Morgan fingerprint density at radius 3 is 2.50 bits per heavy atom. The van der Waals surface area contributed by atoms with Gasteiger partial charge in [-0.3, -0.25) is 0 Å². The number of rotatable bonds is 7. The average Bonchev–Trinajstić information content (AvgIpc) is 3.20. The molecule has 0 unspecified atom stereocenters. The van der Waals surface area contributed by atoms with Crippen molar-refractivity contribution in [3.63, 3.8) is 0 Å². The molecular formula is C29H26N2O3. The molecule has 5 rings (SSSR count). The standard InChI is InChI=1S/C29H26N2O3/c1-2-3-12-27-30-24-10-6-7-11-25(24)31(27)19-20-13-15-22(16-14-20)28-23-9-5-4-8-21(23)17-18-26(28)34-29(32)33/h4-11,13-18H,2-3,12,19H2,1H3,(H,32,33). The van der Waals surface area contributed by atoms with Crippen LogP contribution in [0.15, 0.2) is 84.9 Å². The van der Waals surface area contributed by atoms with Gasteiger partial charge < -0.3 is 14.4 Å². The van der Waals surface area contributed by atoms with Gasteiger partial charge in [0.25, 0.3) is 0 Å². The van der Waals surface area contributed by atoms with Crippen molar-refractivity contribution in [2.45, 2.75) is 32.7 Å². The molecule has 0 spiro atoms. The van der Waals surface area contributed by atoms with Crippen LogP contribution in [0.2, 0.25) is 0 Å². The molecule has 0 aliphatic carbocycles. The van der Waals surface area contributed by atoms with E-state index in [4.69, 9.17) is 9.72 Å². The Labute approximate surface area is 198 Å². The lowest BCUT2D eigenvalue weighted by Gasteiger charge is -2.14. The van der Waals surface area contributed by atoms with Crippen LogP contribution in [0.5, 0.6) is 5.75 Å². The molecule has 5 aromatic rings. The number of carboxylic acid groups (broad SMARTS) is 1. The minimum Gasteiger partial charge on any atom is -0.449 e. The first-order valence-electron chi connectivity index (χ1n) is 11.6. The van der Waals surface area contributed by atoms with E-state index in [0.717, 1.165) is 70.1 Å². The molecular weight excluding hydrogens is 424 g/mol. The summed E-state index contributed by atoms with van der Waals surface area (Å²) in [6.07, 6.45) is 1.87. The highest BCUT2D eigenvalue weighted by atomic mass is 16.7. The second-order valence-corrected chi connectivity index (χ2v) is 8.43.